The molecule has 0 aliphatic heterocycles. The van der Waals surface area contributed by atoms with E-state index in [1.807, 2.05) is 31.2 Å². The van der Waals surface area contributed by atoms with Crippen molar-refractivity contribution in [2.75, 3.05) is 17.7 Å². The van der Waals surface area contributed by atoms with Gasteiger partial charge in [0, 0.05) is 6.54 Å². The monoisotopic (exact) mass is 376 g/mol. The van der Waals surface area contributed by atoms with E-state index in [-0.39, 0.29) is 11.3 Å². The number of rotatable bonds is 6. The predicted octanol–water partition coefficient (Wildman–Crippen LogP) is 3.44. The van der Waals surface area contributed by atoms with Gasteiger partial charge in [-0.15, -0.1) is 0 Å². The van der Waals surface area contributed by atoms with Crippen molar-refractivity contribution in [3.63, 3.8) is 0 Å². The molecule has 3 aromatic rings. The number of carbonyl (C=O) groups is 2. The fourth-order valence-corrected chi connectivity index (χ4v) is 2.60. The van der Waals surface area contributed by atoms with Gasteiger partial charge in [0.1, 0.15) is 11.5 Å². The molecule has 0 saturated carbocycles. The van der Waals surface area contributed by atoms with Gasteiger partial charge in [-0.25, -0.2) is 14.8 Å². The molecular formula is C21H20N4O3. The van der Waals surface area contributed by atoms with Gasteiger partial charge in [0.2, 0.25) is 0 Å². The molecule has 1 aromatic heterocycles. The summed E-state index contributed by atoms with van der Waals surface area (Å²) in [6, 6.07) is 14.7. The number of aryl methyl sites for hydroxylation is 1. The molecule has 7 heteroatoms. The van der Waals surface area contributed by atoms with E-state index in [4.69, 9.17) is 4.74 Å². The van der Waals surface area contributed by atoms with Crippen LogP contribution >= 0.6 is 0 Å². The molecule has 0 bridgehead atoms. The molecule has 28 heavy (non-hydrogen) atoms. The number of esters is 1. The molecular weight excluding hydrogens is 356 g/mol. The lowest BCUT2D eigenvalue weighted by atomic mass is 10.1. The minimum Gasteiger partial charge on any atom is -0.465 e. The number of hydrogen-bond donors (Lipinski definition) is 2. The summed E-state index contributed by atoms with van der Waals surface area (Å²) >= 11 is 0. The number of benzene rings is 2. The summed E-state index contributed by atoms with van der Waals surface area (Å²) in [7, 11) is 1.29. The van der Waals surface area contributed by atoms with Gasteiger partial charge in [-0.05, 0) is 30.2 Å². The Morgan fingerprint density at radius 3 is 2.46 bits per heavy atom. The second kappa shape index (κ2) is 8.77. The van der Waals surface area contributed by atoms with Crippen molar-refractivity contribution in [1.82, 2.24) is 9.97 Å². The van der Waals surface area contributed by atoms with Crippen LogP contribution < -0.4 is 10.6 Å². The Labute approximate surface area is 162 Å². The number of nitrogens with zero attached hydrogens (tertiary/aromatic N) is 2. The maximum absolute atomic E-state index is 12.4. The van der Waals surface area contributed by atoms with E-state index in [0.717, 1.165) is 5.56 Å². The van der Waals surface area contributed by atoms with Crippen LogP contribution in [0.3, 0.4) is 0 Å². The van der Waals surface area contributed by atoms with Crippen LogP contribution in [-0.4, -0.2) is 29.0 Å². The first-order valence-electron chi connectivity index (χ1n) is 8.67. The molecule has 1 heterocycles. The lowest BCUT2D eigenvalue weighted by Gasteiger charge is -2.10. The van der Waals surface area contributed by atoms with Crippen LogP contribution in [0.2, 0.25) is 0 Å². The molecule has 0 radical (unpaired) electrons. The van der Waals surface area contributed by atoms with Gasteiger partial charge in [0.05, 0.1) is 30.8 Å². The Hall–Kier alpha value is -3.74. The van der Waals surface area contributed by atoms with Crippen molar-refractivity contribution in [1.29, 1.82) is 0 Å². The number of nitrogens with one attached hydrogen (secondary N) is 2. The van der Waals surface area contributed by atoms with Crippen molar-refractivity contribution in [2.24, 2.45) is 0 Å². The van der Waals surface area contributed by atoms with Gasteiger partial charge in [-0.1, -0.05) is 36.4 Å². The fraction of sp³-hybridized carbons (Fsp3) is 0.143. The molecule has 0 spiro atoms. The van der Waals surface area contributed by atoms with E-state index in [1.54, 1.807) is 24.3 Å². The summed E-state index contributed by atoms with van der Waals surface area (Å²) in [5.74, 6) is -0.429. The predicted molar refractivity (Wildman–Crippen MR) is 106 cm³/mol. The highest BCUT2D eigenvalue weighted by molar-refractivity contribution is 6.06. The van der Waals surface area contributed by atoms with E-state index in [2.05, 4.69) is 20.6 Å². The summed E-state index contributed by atoms with van der Waals surface area (Å²) in [5, 5.41) is 5.85. The quantitative estimate of drug-likeness (QED) is 0.640. The summed E-state index contributed by atoms with van der Waals surface area (Å²) in [5.41, 5.74) is 3.10. The van der Waals surface area contributed by atoms with Crippen LogP contribution in [0.15, 0.2) is 60.9 Å². The van der Waals surface area contributed by atoms with Crippen LogP contribution in [0, 0.1) is 6.92 Å². The highest BCUT2D eigenvalue weighted by atomic mass is 16.5. The van der Waals surface area contributed by atoms with Crippen LogP contribution in [0.1, 0.15) is 32.0 Å². The van der Waals surface area contributed by atoms with Gasteiger partial charge in [-0.2, -0.15) is 0 Å². The van der Waals surface area contributed by atoms with Crippen molar-refractivity contribution in [3.8, 4) is 0 Å². The molecule has 142 valence electrons. The molecule has 2 aromatic carbocycles. The number of amides is 1. The molecule has 0 atom stereocenters. The summed E-state index contributed by atoms with van der Waals surface area (Å²) < 4.78 is 4.73. The average molecular weight is 376 g/mol. The zero-order chi connectivity index (χ0) is 19.9. The number of methoxy groups -OCH3 is 1. The third kappa shape index (κ3) is 4.50. The lowest BCUT2D eigenvalue weighted by molar-refractivity contribution is 0.0602. The molecule has 1 amide bonds. The Kier molecular flexibility index (Phi) is 5.96. The minimum atomic E-state index is -0.530. The maximum atomic E-state index is 12.4. The first-order chi connectivity index (χ1) is 13.6. The third-order valence-corrected chi connectivity index (χ3v) is 4.19. The van der Waals surface area contributed by atoms with E-state index >= 15 is 0 Å². The topological polar surface area (TPSA) is 93.2 Å². The Morgan fingerprint density at radius 2 is 1.75 bits per heavy atom. The lowest BCUT2D eigenvalue weighted by Crippen LogP contribution is -2.17. The zero-order valence-corrected chi connectivity index (χ0v) is 15.6. The summed E-state index contributed by atoms with van der Waals surface area (Å²) in [4.78, 5) is 32.6. The van der Waals surface area contributed by atoms with E-state index in [9.17, 15) is 9.59 Å². The smallest absolute Gasteiger partial charge is 0.339 e. The number of aromatic nitrogens is 2. The summed E-state index contributed by atoms with van der Waals surface area (Å²) in [6.45, 7) is 2.65. The average Bonchev–Trinajstić information content (AvgIpc) is 2.73. The molecule has 0 aliphatic rings. The first-order valence-corrected chi connectivity index (χ1v) is 8.67. The van der Waals surface area contributed by atoms with E-state index < -0.39 is 11.9 Å². The van der Waals surface area contributed by atoms with Crippen LogP contribution in [0.4, 0.5) is 11.5 Å². The molecule has 0 saturated heterocycles. The molecule has 3 rings (SSSR count). The van der Waals surface area contributed by atoms with Crippen molar-refractivity contribution in [3.05, 3.63) is 83.3 Å². The summed E-state index contributed by atoms with van der Waals surface area (Å²) in [6.07, 6.45) is 2.88. The van der Waals surface area contributed by atoms with Gasteiger partial charge in [0.15, 0.2) is 0 Å². The Bertz CT molecular complexity index is 987. The van der Waals surface area contributed by atoms with Crippen LogP contribution in [0.5, 0.6) is 0 Å². The van der Waals surface area contributed by atoms with Crippen molar-refractivity contribution in [2.45, 2.75) is 13.5 Å². The molecule has 2 N–H and O–H groups in total. The third-order valence-electron chi connectivity index (χ3n) is 4.19. The number of para-hydroxylation sites is 1. The molecule has 0 fully saturated rings. The van der Waals surface area contributed by atoms with Gasteiger partial charge in [-0.3, -0.25) is 4.79 Å². The molecule has 7 nitrogen and oxygen atoms in total. The number of carbonyl (C=O) groups excluding carboxylic acids is 2. The standard InChI is InChI=1S/C21H20N4O3/c1-14-7-3-4-8-15(14)11-23-19-13-22-18(12-24-19)20(26)25-17-10-6-5-9-16(17)21(27)28-2/h3-10,12-13H,11H2,1-2H3,(H,23,24)(H,25,26). The van der Waals surface area contributed by atoms with E-state index in [1.165, 1.54) is 25.1 Å². The van der Waals surface area contributed by atoms with Gasteiger partial charge >= 0.3 is 5.97 Å². The van der Waals surface area contributed by atoms with Crippen LogP contribution in [-0.2, 0) is 11.3 Å². The largest absolute Gasteiger partial charge is 0.465 e. The Morgan fingerprint density at radius 1 is 1.00 bits per heavy atom. The maximum Gasteiger partial charge on any atom is 0.339 e. The second-order valence-corrected chi connectivity index (χ2v) is 6.06. The number of anilines is 2. The second-order valence-electron chi connectivity index (χ2n) is 6.06. The SMILES string of the molecule is COC(=O)c1ccccc1NC(=O)c1cnc(NCc2ccccc2C)cn1. The molecule has 0 unspecified atom stereocenters. The van der Waals surface area contributed by atoms with Gasteiger partial charge < -0.3 is 15.4 Å². The molecule has 0 aliphatic carbocycles. The Balaban J connectivity index is 1.66. The van der Waals surface area contributed by atoms with E-state index in [0.29, 0.717) is 18.1 Å². The van der Waals surface area contributed by atoms with Crippen LogP contribution in [0.25, 0.3) is 0 Å². The first kappa shape index (κ1) is 19.0. The number of hydrogen-bond acceptors (Lipinski definition) is 6. The van der Waals surface area contributed by atoms with Crippen molar-refractivity contribution < 1.29 is 14.3 Å². The zero-order valence-electron chi connectivity index (χ0n) is 15.6. The fourth-order valence-electron chi connectivity index (χ4n) is 2.60. The normalized spacial score (nSPS) is 10.2. The van der Waals surface area contributed by atoms with Gasteiger partial charge in [0.25, 0.3) is 5.91 Å². The minimum absolute atomic E-state index is 0.140. The highest BCUT2D eigenvalue weighted by Gasteiger charge is 2.15. The highest BCUT2D eigenvalue weighted by Crippen LogP contribution is 2.17. The van der Waals surface area contributed by atoms with Crippen molar-refractivity contribution >= 4 is 23.4 Å². The number of ether oxygens (including phenoxy) is 1.